The Labute approximate surface area is 136 Å². The Morgan fingerprint density at radius 1 is 1.38 bits per heavy atom. The van der Waals surface area contributed by atoms with Gasteiger partial charge in [-0.3, -0.25) is 0 Å². The first-order valence-corrected chi connectivity index (χ1v) is 9.31. The minimum absolute atomic E-state index is 0.147. The number of nitrogen functional groups attached to an aromatic ring is 1. The molecule has 0 amide bonds. The predicted octanol–water partition coefficient (Wildman–Crippen LogP) is 3.14. The zero-order valence-corrected chi connectivity index (χ0v) is 15.1. The molecular formula is C13H16BrN3O2S2. The lowest BCUT2D eigenvalue weighted by Gasteiger charge is -2.14. The van der Waals surface area contributed by atoms with Crippen molar-refractivity contribution < 1.29 is 8.42 Å². The molecule has 0 fully saturated rings. The maximum atomic E-state index is 12.4. The lowest BCUT2D eigenvalue weighted by atomic mass is 10.2. The minimum atomic E-state index is -3.63. The van der Waals surface area contributed by atoms with Gasteiger partial charge >= 0.3 is 0 Å². The molecule has 1 aromatic heterocycles. The summed E-state index contributed by atoms with van der Waals surface area (Å²) in [7, 11) is -3.63. The minimum Gasteiger partial charge on any atom is -0.398 e. The summed E-state index contributed by atoms with van der Waals surface area (Å²) in [5.74, 6) is 0. The van der Waals surface area contributed by atoms with Crippen molar-refractivity contribution in [3.05, 3.63) is 38.3 Å². The maximum absolute atomic E-state index is 12.4. The third-order valence-corrected chi connectivity index (χ3v) is 6.46. The fourth-order valence-electron chi connectivity index (χ4n) is 1.99. The molecule has 0 spiro atoms. The molecule has 1 heterocycles. The van der Waals surface area contributed by atoms with Crippen LogP contribution in [0.4, 0.5) is 5.69 Å². The quantitative estimate of drug-likeness (QED) is 0.786. The normalized spacial score (nSPS) is 13.3. The number of thiazole rings is 1. The van der Waals surface area contributed by atoms with Crippen LogP contribution in [0.5, 0.6) is 0 Å². The van der Waals surface area contributed by atoms with Gasteiger partial charge in [0.1, 0.15) is 0 Å². The van der Waals surface area contributed by atoms with Gasteiger partial charge in [0.05, 0.1) is 21.6 Å². The molecule has 0 bridgehead atoms. The SMILES string of the molecule is Cc1nc(C)c(C(C)NS(=O)(=O)c2ccc(Br)c(N)c2)s1. The zero-order chi connectivity index (χ0) is 15.8. The van der Waals surface area contributed by atoms with Crippen molar-refractivity contribution in [1.82, 2.24) is 9.71 Å². The van der Waals surface area contributed by atoms with E-state index in [1.54, 1.807) is 13.0 Å². The average Bonchev–Trinajstić information content (AvgIpc) is 2.71. The van der Waals surface area contributed by atoms with Crippen LogP contribution in [0.1, 0.15) is 28.5 Å². The van der Waals surface area contributed by atoms with Crippen LogP contribution in [0.25, 0.3) is 0 Å². The number of benzene rings is 1. The molecule has 1 aromatic carbocycles. The number of nitrogens with one attached hydrogen (secondary N) is 1. The van der Waals surface area contributed by atoms with E-state index in [2.05, 4.69) is 25.6 Å². The van der Waals surface area contributed by atoms with Gasteiger partial charge in [0.2, 0.25) is 10.0 Å². The number of aromatic nitrogens is 1. The second-order valence-electron chi connectivity index (χ2n) is 4.71. The van der Waals surface area contributed by atoms with E-state index in [4.69, 9.17) is 5.73 Å². The van der Waals surface area contributed by atoms with E-state index >= 15 is 0 Å². The molecule has 0 aliphatic heterocycles. The summed E-state index contributed by atoms with van der Waals surface area (Å²) in [6.07, 6.45) is 0. The Bertz CT molecular complexity index is 772. The number of rotatable bonds is 4. The van der Waals surface area contributed by atoms with Crippen molar-refractivity contribution in [2.45, 2.75) is 31.7 Å². The van der Waals surface area contributed by atoms with Gasteiger partial charge in [0.15, 0.2) is 0 Å². The molecule has 0 saturated carbocycles. The summed E-state index contributed by atoms with van der Waals surface area (Å²) in [5, 5.41) is 0.918. The highest BCUT2D eigenvalue weighted by Gasteiger charge is 2.21. The highest BCUT2D eigenvalue weighted by atomic mass is 79.9. The van der Waals surface area contributed by atoms with Crippen LogP contribution in [-0.4, -0.2) is 13.4 Å². The number of aryl methyl sites for hydroxylation is 2. The standard InChI is InChI=1S/C13H16BrN3O2S2/c1-7-13(20-9(3)16-7)8(2)17-21(18,19)10-4-5-11(14)12(15)6-10/h4-6,8,17H,15H2,1-3H3. The van der Waals surface area contributed by atoms with Crippen LogP contribution in [0, 0.1) is 13.8 Å². The largest absolute Gasteiger partial charge is 0.398 e. The molecule has 0 aliphatic carbocycles. The Kier molecular flexibility index (Phi) is 4.72. The van der Waals surface area contributed by atoms with E-state index in [1.807, 2.05) is 13.8 Å². The first-order chi connectivity index (χ1) is 9.70. The van der Waals surface area contributed by atoms with Crippen LogP contribution in [-0.2, 0) is 10.0 Å². The summed E-state index contributed by atoms with van der Waals surface area (Å²) in [5.41, 5.74) is 6.97. The third-order valence-electron chi connectivity index (χ3n) is 2.94. The van der Waals surface area contributed by atoms with E-state index in [0.29, 0.717) is 10.2 Å². The van der Waals surface area contributed by atoms with Crippen molar-refractivity contribution in [3.63, 3.8) is 0 Å². The van der Waals surface area contributed by atoms with Gasteiger partial charge in [-0.15, -0.1) is 11.3 Å². The Morgan fingerprint density at radius 3 is 2.57 bits per heavy atom. The number of sulfonamides is 1. The molecule has 0 radical (unpaired) electrons. The van der Waals surface area contributed by atoms with Crippen LogP contribution < -0.4 is 10.5 Å². The van der Waals surface area contributed by atoms with Crippen LogP contribution >= 0.6 is 27.3 Å². The summed E-state index contributed by atoms with van der Waals surface area (Å²) in [4.78, 5) is 5.38. The number of nitrogens with zero attached hydrogens (tertiary/aromatic N) is 1. The average molecular weight is 390 g/mol. The number of halogens is 1. The van der Waals surface area contributed by atoms with E-state index < -0.39 is 10.0 Å². The van der Waals surface area contributed by atoms with Gasteiger partial charge in [0, 0.05) is 15.0 Å². The van der Waals surface area contributed by atoms with Crippen molar-refractivity contribution in [1.29, 1.82) is 0 Å². The number of hydrogen-bond acceptors (Lipinski definition) is 5. The Balaban J connectivity index is 2.28. The monoisotopic (exact) mass is 389 g/mol. The molecule has 0 saturated heterocycles. The maximum Gasteiger partial charge on any atom is 0.241 e. The zero-order valence-electron chi connectivity index (χ0n) is 11.8. The molecule has 2 aromatic rings. The van der Waals surface area contributed by atoms with Crippen LogP contribution in [0.15, 0.2) is 27.6 Å². The number of hydrogen-bond donors (Lipinski definition) is 2. The molecule has 3 N–H and O–H groups in total. The van der Waals surface area contributed by atoms with E-state index in [0.717, 1.165) is 15.6 Å². The van der Waals surface area contributed by atoms with Crippen molar-refractivity contribution in [3.8, 4) is 0 Å². The molecule has 1 unspecified atom stereocenters. The lowest BCUT2D eigenvalue weighted by molar-refractivity contribution is 0.568. The Morgan fingerprint density at radius 2 is 2.05 bits per heavy atom. The molecule has 5 nitrogen and oxygen atoms in total. The first kappa shape index (κ1) is 16.4. The third kappa shape index (κ3) is 3.63. The van der Waals surface area contributed by atoms with Gasteiger partial charge in [-0.1, -0.05) is 0 Å². The highest BCUT2D eigenvalue weighted by Crippen LogP contribution is 2.27. The van der Waals surface area contributed by atoms with Crippen molar-refractivity contribution in [2.75, 3.05) is 5.73 Å². The van der Waals surface area contributed by atoms with Crippen molar-refractivity contribution in [2.24, 2.45) is 0 Å². The van der Waals surface area contributed by atoms with Gasteiger partial charge in [-0.2, -0.15) is 0 Å². The summed E-state index contributed by atoms with van der Waals surface area (Å²) >= 11 is 4.74. The summed E-state index contributed by atoms with van der Waals surface area (Å²) < 4.78 is 28.1. The molecular weight excluding hydrogens is 374 g/mol. The molecule has 2 rings (SSSR count). The van der Waals surface area contributed by atoms with Crippen LogP contribution in [0.3, 0.4) is 0 Å². The number of anilines is 1. The van der Waals surface area contributed by atoms with E-state index in [9.17, 15) is 8.42 Å². The van der Waals surface area contributed by atoms with Crippen LogP contribution in [0.2, 0.25) is 0 Å². The topological polar surface area (TPSA) is 85.1 Å². The molecule has 21 heavy (non-hydrogen) atoms. The molecule has 1 atom stereocenters. The van der Waals surface area contributed by atoms with Crippen molar-refractivity contribution >= 4 is 43.0 Å². The van der Waals surface area contributed by atoms with Gasteiger partial charge in [0.25, 0.3) is 0 Å². The smallest absolute Gasteiger partial charge is 0.241 e. The van der Waals surface area contributed by atoms with Gasteiger partial charge in [-0.05, 0) is 54.9 Å². The molecule has 114 valence electrons. The predicted molar refractivity (Wildman–Crippen MR) is 88.9 cm³/mol. The highest BCUT2D eigenvalue weighted by molar-refractivity contribution is 9.10. The second kappa shape index (κ2) is 6.04. The summed E-state index contributed by atoms with van der Waals surface area (Å²) in [6, 6.07) is 4.23. The number of nitrogens with two attached hydrogens (primary N) is 1. The fourth-order valence-corrected chi connectivity index (χ4v) is 4.49. The van der Waals surface area contributed by atoms with E-state index in [-0.39, 0.29) is 10.9 Å². The lowest BCUT2D eigenvalue weighted by Crippen LogP contribution is -2.26. The summed E-state index contributed by atoms with van der Waals surface area (Å²) in [6.45, 7) is 5.58. The van der Waals surface area contributed by atoms with E-state index in [1.165, 1.54) is 23.5 Å². The molecule has 0 aliphatic rings. The fraction of sp³-hybridized carbons (Fsp3) is 0.308. The van der Waals surface area contributed by atoms with Gasteiger partial charge in [-0.25, -0.2) is 18.1 Å². The van der Waals surface area contributed by atoms with Gasteiger partial charge < -0.3 is 5.73 Å². The second-order valence-corrected chi connectivity index (χ2v) is 8.51. The Hall–Kier alpha value is -0.960. The molecule has 8 heteroatoms. The first-order valence-electron chi connectivity index (χ1n) is 6.22.